The Labute approximate surface area is 57.6 Å². The van der Waals surface area contributed by atoms with E-state index < -0.39 is 0 Å². The van der Waals surface area contributed by atoms with Crippen LogP contribution in [-0.4, -0.2) is 11.5 Å². The number of nitrogens with two attached hydrogens (primary N) is 1. The summed E-state index contributed by atoms with van der Waals surface area (Å²) in [6, 6.07) is 0. The zero-order valence-electron chi connectivity index (χ0n) is 5.13. The molecule has 0 saturated carbocycles. The van der Waals surface area contributed by atoms with E-state index in [0.717, 1.165) is 10.6 Å². The van der Waals surface area contributed by atoms with Crippen LogP contribution in [0.2, 0.25) is 0 Å². The smallest absolute Gasteiger partial charge is 0.0842 e. The van der Waals surface area contributed by atoms with Crippen molar-refractivity contribution in [3.63, 3.8) is 0 Å². The normalized spacial score (nSPS) is 9.89. The van der Waals surface area contributed by atoms with Crippen LogP contribution in [0, 0.1) is 0 Å². The summed E-state index contributed by atoms with van der Waals surface area (Å²) in [7, 11) is 1.64. The number of nitrogen functional groups attached to an aromatic ring is 1. The molecular formula is C5H8N2OS. The van der Waals surface area contributed by atoms with Gasteiger partial charge < -0.3 is 10.5 Å². The second-order valence-electron chi connectivity index (χ2n) is 1.64. The minimum Gasteiger partial charge on any atom is -0.396 e. The summed E-state index contributed by atoms with van der Waals surface area (Å²) in [5.74, 6) is 0. The summed E-state index contributed by atoms with van der Waals surface area (Å²) in [5, 5.41) is 0. The van der Waals surface area contributed by atoms with E-state index in [9.17, 15) is 0 Å². The summed E-state index contributed by atoms with van der Waals surface area (Å²) in [5.41, 5.74) is 6.22. The molecule has 1 aromatic rings. The predicted octanol–water partition coefficient (Wildman–Crippen LogP) is 0.872. The molecule has 0 aliphatic carbocycles. The van der Waals surface area contributed by atoms with Gasteiger partial charge in [-0.3, -0.25) is 0 Å². The molecular weight excluding hydrogens is 136 g/mol. The minimum absolute atomic E-state index is 0.566. The largest absolute Gasteiger partial charge is 0.396 e. The van der Waals surface area contributed by atoms with Crippen LogP contribution in [0.1, 0.15) is 4.88 Å². The second-order valence-corrected chi connectivity index (χ2v) is 2.52. The van der Waals surface area contributed by atoms with Crippen molar-refractivity contribution in [3.05, 3.63) is 11.1 Å². The Kier molecular flexibility index (Phi) is 2.02. The molecule has 0 atom stereocenters. The topological polar surface area (TPSA) is 48.1 Å². The molecule has 0 unspecified atom stereocenters. The van der Waals surface area contributed by atoms with Crippen molar-refractivity contribution in [3.8, 4) is 0 Å². The van der Waals surface area contributed by atoms with E-state index in [-0.39, 0.29) is 0 Å². The molecule has 0 radical (unpaired) electrons. The predicted molar refractivity (Wildman–Crippen MR) is 37.2 cm³/mol. The van der Waals surface area contributed by atoms with Crippen molar-refractivity contribution in [2.24, 2.45) is 0 Å². The van der Waals surface area contributed by atoms with E-state index in [1.165, 1.54) is 11.5 Å². The summed E-state index contributed by atoms with van der Waals surface area (Å²) in [4.78, 5) is 0.998. The molecule has 0 aromatic carbocycles. The molecule has 9 heavy (non-hydrogen) atoms. The van der Waals surface area contributed by atoms with Gasteiger partial charge in [0.25, 0.3) is 0 Å². The van der Waals surface area contributed by atoms with Gasteiger partial charge in [-0.2, -0.15) is 4.37 Å². The van der Waals surface area contributed by atoms with Gasteiger partial charge in [-0.05, 0) is 11.5 Å². The van der Waals surface area contributed by atoms with Crippen LogP contribution in [0.15, 0.2) is 6.20 Å². The van der Waals surface area contributed by atoms with Crippen molar-refractivity contribution in [2.45, 2.75) is 6.61 Å². The van der Waals surface area contributed by atoms with Gasteiger partial charge in [0.15, 0.2) is 0 Å². The molecule has 0 aliphatic rings. The molecule has 0 bridgehead atoms. The summed E-state index contributed by atoms with van der Waals surface area (Å²) >= 11 is 1.37. The van der Waals surface area contributed by atoms with Crippen molar-refractivity contribution in [2.75, 3.05) is 12.8 Å². The van der Waals surface area contributed by atoms with Gasteiger partial charge in [0, 0.05) is 7.11 Å². The highest BCUT2D eigenvalue weighted by Crippen LogP contribution is 2.15. The highest BCUT2D eigenvalue weighted by molar-refractivity contribution is 7.06. The maximum atomic E-state index is 5.49. The molecule has 0 amide bonds. The van der Waals surface area contributed by atoms with E-state index in [0.29, 0.717) is 6.61 Å². The number of nitrogens with zero attached hydrogens (tertiary/aromatic N) is 1. The molecule has 4 heteroatoms. The lowest BCUT2D eigenvalue weighted by Crippen LogP contribution is -1.89. The SMILES string of the molecule is COCc1sncc1N. The van der Waals surface area contributed by atoms with E-state index in [1.807, 2.05) is 0 Å². The molecule has 1 rings (SSSR count). The van der Waals surface area contributed by atoms with Crippen LogP contribution in [0.5, 0.6) is 0 Å². The fourth-order valence-electron chi connectivity index (χ4n) is 0.512. The maximum absolute atomic E-state index is 5.49. The Hall–Kier alpha value is -0.610. The number of ether oxygens (including phenoxy) is 1. The quantitative estimate of drug-likeness (QED) is 0.670. The number of anilines is 1. The van der Waals surface area contributed by atoms with Crippen LogP contribution >= 0.6 is 11.5 Å². The molecule has 3 nitrogen and oxygen atoms in total. The lowest BCUT2D eigenvalue weighted by atomic mass is 10.4. The zero-order chi connectivity index (χ0) is 6.69. The minimum atomic E-state index is 0.566. The van der Waals surface area contributed by atoms with Gasteiger partial charge in [-0.1, -0.05) is 0 Å². The Bertz CT molecular complexity index is 187. The molecule has 1 heterocycles. The highest BCUT2D eigenvalue weighted by atomic mass is 32.1. The third-order valence-electron chi connectivity index (χ3n) is 0.952. The number of rotatable bonds is 2. The summed E-state index contributed by atoms with van der Waals surface area (Å²) < 4.78 is 8.73. The molecule has 2 N–H and O–H groups in total. The Morgan fingerprint density at radius 1 is 1.89 bits per heavy atom. The first-order valence-electron chi connectivity index (χ1n) is 2.52. The lowest BCUT2D eigenvalue weighted by Gasteiger charge is -1.92. The van der Waals surface area contributed by atoms with E-state index in [1.54, 1.807) is 13.3 Å². The molecule has 0 fully saturated rings. The van der Waals surface area contributed by atoms with E-state index in [4.69, 9.17) is 10.5 Å². The molecule has 0 aliphatic heterocycles. The van der Waals surface area contributed by atoms with Crippen molar-refractivity contribution < 1.29 is 4.74 Å². The summed E-state index contributed by atoms with van der Waals surface area (Å²) in [6.07, 6.45) is 1.64. The van der Waals surface area contributed by atoms with Crippen LogP contribution in [0.4, 0.5) is 5.69 Å². The number of methoxy groups -OCH3 is 1. The Balaban J connectivity index is 2.69. The van der Waals surface area contributed by atoms with Crippen LogP contribution in [0.25, 0.3) is 0 Å². The Morgan fingerprint density at radius 2 is 2.67 bits per heavy atom. The maximum Gasteiger partial charge on any atom is 0.0842 e. The van der Waals surface area contributed by atoms with E-state index >= 15 is 0 Å². The average Bonchev–Trinajstić information content (AvgIpc) is 2.18. The van der Waals surface area contributed by atoms with Crippen molar-refractivity contribution in [1.82, 2.24) is 4.37 Å². The van der Waals surface area contributed by atoms with Crippen LogP contribution in [-0.2, 0) is 11.3 Å². The first-order valence-corrected chi connectivity index (χ1v) is 3.30. The third kappa shape index (κ3) is 1.40. The second kappa shape index (κ2) is 2.80. The molecule has 0 spiro atoms. The number of hydrogen-bond donors (Lipinski definition) is 1. The fourth-order valence-corrected chi connectivity index (χ4v) is 1.13. The number of hydrogen-bond acceptors (Lipinski definition) is 4. The van der Waals surface area contributed by atoms with Gasteiger partial charge in [-0.15, -0.1) is 0 Å². The van der Waals surface area contributed by atoms with Gasteiger partial charge in [0.2, 0.25) is 0 Å². The van der Waals surface area contributed by atoms with Crippen molar-refractivity contribution in [1.29, 1.82) is 0 Å². The van der Waals surface area contributed by atoms with Crippen LogP contribution in [0.3, 0.4) is 0 Å². The van der Waals surface area contributed by atoms with Gasteiger partial charge in [0.1, 0.15) is 0 Å². The lowest BCUT2D eigenvalue weighted by molar-refractivity contribution is 0.188. The highest BCUT2D eigenvalue weighted by Gasteiger charge is 1.98. The third-order valence-corrected chi connectivity index (χ3v) is 1.74. The monoisotopic (exact) mass is 144 g/mol. The fraction of sp³-hybridized carbons (Fsp3) is 0.400. The molecule has 1 aromatic heterocycles. The summed E-state index contributed by atoms with van der Waals surface area (Å²) in [6.45, 7) is 0.566. The average molecular weight is 144 g/mol. The van der Waals surface area contributed by atoms with Gasteiger partial charge >= 0.3 is 0 Å². The Morgan fingerprint density at radius 3 is 3.11 bits per heavy atom. The van der Waals surface area contributed by atoms with Crippen LogP contribution < -0.4 is 5.73 Å². The zero-order valence-corrected chi connectivity index (χ0v) is 5.94. The van der Waals surface area contributed by atoms with E-state index in [2.05, 4.69) is 4.37 Å². The van der Waals surface area contributed by atoms with Gasteiger partial charge in [-0.25, -0.2) is 0 Å². The first kappa shape index (κ1) is 6.51. The van der Waals surface area contributed by atoms with Gasteiger partial charge in [0.05, 0.1) is 23.4 Å². The van der Waals surface area contributed by atoms with Crippen molar-refractivity contribution >= 4 is 17.2 Å². The standard InChI is InChI=1S/C5H8N2OS/c1-8-3-5-4(6)2-7-9-5/h2H,3,6H2,1H3. The molecule has 50 valence electrons. The first-order chi connectivity index (χ1) is 4.34. The number of aromatic nitrogens is 1. The molecule has 0 saturated heterocycles.